The fourth-order valence-corrected chi connectivity index (χ4v) is 3.39. The van der Waals surface area contributed by atoms with E-state index in [1.54, 1.807) is 18.2 Å². The molecule has 1 fully saturated rings. The smallest absolute Gasteiger partial charge is 0.338 e. The predicted octanol–water partition coefficient (Wildman–Crippen LogP) is 1.63. The third-order valence-electron chi connectivity index (χ3n) is 5.02. The van der Waals surface area contributed by atoms with Crippen molar-refractivity contribution < 1.29 is 33.5 Å². The number of esters is 1. The molecule has 2 aromatic carbocycles. The average Bonchev–Trinajstić information content (AvgIpc) is 3.29. The van der Waals surface area contributed by atoms with Gasteiger partial charge in [0.15, 0.2) is 18.1 Å². The maximum Gasteiger partial charge on any atom is 0.338 e. The number of ether oxygens (including phenoxy) is 4. The lowest BCUT2D eigenvalue weighted by Gasteiger charge is -2.28. The van der Waals surface area contributed by atoms with Crippen LogP contribution in [0.3, 0.4) is 0 Å². The van der Waals surface area contributed by atoms with Crippen molar-refractivity contribution >= 4 is 23.3 Å². The molecular weight excluding hydrogens is 422 g/mol. The summed E-state index contributed by atoms with van der Waals surface area (Å²) in [7, 11) is 0. The standard InChI is InChI=1S/C21H21N3O8/c25-20(22-11-14-1-4-18-19(9-14)32-13-31-18)12-30-21(26)15-2-3-16(17(10-15)24(27)28)23-5-7-29-8-6-23/h1-4,9-10H,5-8,11-13H2,(H,22,25). The highest BCUT2D eigenvalue weighted by molar-refractivity contribution is 5.93. The molecule has 2 aromatic rings. The number of benzene rings is 2. The quantitative estimate of drug-likeness (QED) is 0.385. The Labute approximate surface area is 183 Å². The van der Waals surface area contributed by atoms with Crippen molar-refractivity contribution in [2.45, 2.75) is 6.54 Å². The number of fused-ring (bicyclic) bond motifs is 1. The zero-order valence-corrected chi connectivity index (χ0v) is 17.1. The van der Waals surface area contributed by atoms with Crippen molar-refractivity contribution in [3.63, 3.8) is 0 Å². The molecule has 0 radical (unpaired) electrons. The minimum Gasteiger partial charge on any atom is -0.454 e. The lowest BCUT2D eigenvalue weighted by molar-refractivity contribution is -0.384. The number of hydrogen-bond donors (Lipinski definition) is 1. The van der Waals surface area contributed by atoms with Crippen LogP contribution in [-0.2, 0) is 20.8 Å². The predicted molar refractivity (Wildman–Crippen MR) is 111 cm³/mol. The van der Waals surface area contributed by atoms with Gasteiger partial charge in [0.1, 0.15) is 5.69 Å². The summed E-state index contributed by atoms with van der Waals surface area (Å²) in [4.78, 5) is 37.2. The third kappa shape index (κ3) is 4.89. The van der Waals surface area contributed by atoms with Crippen molar-refractivity contribution in [3.05, 3.63) is 57.6 Å². The number of nitro benzene ring substituents is 1. The Bertz CT molecular complexity index is 1040. The summed E-state index contributed by atoms with van der Waals surface area (Å²) in [6.07, 6.45) is 0. The van der Waals surface area contributed by atoms with Gasteiger partial charge in [-0.3, -0.25) is 14.9 Å². The lowest BCUT2D eigenvalue weighted by atomic mass is 10.1. The van der Waals surface area contributed by atoms with Crippen molar-refractivity contribution in [2.75, 3.05) is 44.6 Å². The minimum absolute atomic E-state index is 0.00252. The average molecular weight is 443 g/mol. The van der Waals surface area contributed by atoms with Gasteiger partial charge in [0.05, 0.1) is 23.7 Å². The van der Waals surface area contributed by atoms with Gasteiger partial charge in [0, 0.05) is 25.7 Å². The van der Waals surface area contributed by atoms with Crippen LogP contribution < -0.4 is 19.7 Å². The van der Waals surface area contributed by atoms with Gasteiger partial charge in [0.2, 0.25) is 6.79 Å². The van der Waals surface area contributed by atoms with Crippen LogP contribution in [0.15, 0.2) is 36.4 Å². The first kappa shape index (κ1) is 21.4. The molecule has 2 aliphatic heterocycles. The van der Waals surface area contributed by atoms with Crippen molar-refractivity contribution in [1.82, 2.24) is 5.32 Å². The SMILES string of the molecule is O=C(COC(=O)c1ccc(N2CCOCC2)c([N+](=O)[O-])c1)NCc1ccc2c(c1)OCO2. The van der Waals surface area contributed by atoms with E-state index in [0.29, 0.717) is 43.5 Å². The zero-order chi connectivity index (χ0) is 22.5. The Hall–Kier alpha value is -3.86. The van der Waals surface area contributed by atoms with E-state index in [-0.39, 0.29) is 24.6 Å². The first-order valence-electron chi connectivity index (χ1n) is 9.95. The molecule has 1 N–H and O–H groups in total. The molecule has 11 nitrogen and oxygen atoms in total. The van der Waals surface area contributed by atoms with Gasteiger partial charge >= 0.3 is 5.97 Å². The molecule has 0 aromatic heterocycles. The Morgan fingerprint density at radius 2 is 1.88 bits per heavy atom. The number of hydrogen-bond acceptors (Lipinski definition) is 9. The van der Waals surface area contributed by atoms with Crippen LogP contribution in [0.5, 0.6) is 11.5 Å². The van der Waals surface area contributed by atoms with Gasteiger partial charge < -0.3 is 29.2 Å². The van der Waals surface area contributed by atoms with Crippen LogP contribution >= 0.6 is 0 Å². The van der Waals surface area contributed by atoms with Crippen LogP contribution in [0.2, 0.25) is 0 Å². The van der Waals surface area contributed by atoms with Crippen LogP contribution in [0.1, 0.15) is 15.9 Å². The maximum absolute atomic E-state index is 12.3. The van der Waals surface area contributed by atoms with Gasteiger partial charge in [0.25, 0.3) is 11.6 Å². The van der Waals surface area contributed by atoms with Crippen molar-refractivity contribution in [1.29, 1.82) is 0 Å². The molecule has 0 spiro atoms. The molecule has 32 heavy (non-hydrogen) atoms. The van der Waals surface area contributed by atoms with Gasteiger partial charge in [-0.25, -0.2) is 4.79 Å². The van der Waals surface area contributed by atoms with Crippen LogP contribution in [0, 0.1) is 10.1 Å². The molecule has 1 amide bonds. The first-order valence-corrected chi connectivity index (χ1v) is 9.95. The van der Waals surface area contributed by atoms with E-state index >= 15 is 0 Å². The van der Waals surface area contributed by atoms with E-state index in [2.05, 4.69) is 5.32 Å². The van der Waals surface area contributed by atoms with Crippen LogP contribution in [0.4, 0.5) is 11.4 Å². The van der Waals surface area contributed by atoms with Crippen LogP contribution in [0.25, 0.3) is 0 Å². The fourth-order valence-electron chi connectivity index (χ4n) is 3.39. The molecule has 0 unspecified atom stereocenters. The van der Waals surface area contributed by atoms with E-state index in [1.165, 1.54) is 12.1 Å². The van der Waals surface area contributed by atoms with E-state index in [4.69, 9.17) is 18.9 Å². The molecule has 2 heterocycles. The third-order valence-corrected chi connectivity index (χ3v) is 5.02. The van der Waals surface area contributed by atoms with E-state index in [0.717, 1.165) is 11.6 Å². The number of nitrogens with one attached hydrogen (secondary N) is 1. The Balaban J connectivity index is 1.32. The highest BCUT2D eigenvalue weighted by Gasteiger charge is 2.24. The number of anilines is 1. The maximum atomic E-state index is 12.3. The number of amides is 1. The Morgan fingerprint density at radius 3 is 2.66 bits per heavy atom. The number of morpholine rings is 1. The van der Waals surface area contributed by atoms with Gasteiger partial charge in [-0.2, -0.15) is 0 Å². The molecule has 0 saturated carbocycles. The fraction of sp³-hybridized carbons (Fsp3) is 0.333. The van der Waals surface area contributed by atoms with Gasteiger partial charge in [-0.05, 0) is 29.8 Å². The molecule has 2 aliphatic rings. The normalized spacial score (nSPS) is 14.7. The summed E-state index contributed by atoms with van der Waals surface area (Å²) in [5, 5.41) is 14.1. The second-order valence-corrected chi connectivity index (χ2v) is 7.10. The molecule has 0 bridgehead atoms. The van der Waals surface area contributed by atoms with Gasteiger partial charge in [-0.1, -0.05) is 6.07 Å². The van der Waals surface area contributed by atoms with E-state index in [9.17, 15) is 19.7 Å². The Morgan fingerprint density at radius 1 is 1.09 bits per heavy atom. The number of rotatable bonds is 7. The summed E-state index contributed by atoms with van der Waals surface area (Å²) >= 11 is 0. The summed E-state index contributed by atoms with van der Waals surface area (Å²) in [6, 6.07) is 9.41. The Kier molecular flexibility index (Phi) is 6.36. The second-order valence-electron chi connectivity index (χ2n) is 7.10. The lowest BCUT2D eigenvalue weighted by Crippen LogP contribution is -2.36. The largest absolute Gasteiger partial charge is 0.454 e. The summed E-state index contributed by atoms with van der Waals surface area (Å²) in [6.45, 7) is 1.86. The van der Waals surface area contributed by atoms with Crippen molar-refractivity contribution in [2.24, 2.45) is 0 Å². The number of carbonyl (C=O) groups is 2. The summed E-state index contributed by atoms with van der Waals surface area (Å²) in [5.74, 6) is -0.0802. The topological polar surface area (TPSA) is 129 Å². The molecule has 0 atom stereocenters. The summed E-state index contributed by atoms with van der Waals surface area (Å²) < 4.78 is 20.8. The van der Waals surface area contributed by atoms with Gasteiger partial charge in [-0.15, -0.1) is 0 Å². The molecule has 4 rings (SSSR count). The highest BCUT2D eigenvalue weighted by Crippen LogP contribution is 2.32. The second kappa shape index (κ2) is 9.52. The minimum atomic E-state index is -0.820. The molecular formula is C21H21N3O8. The zero-order valence-electron chi connectivity index (χ0n) is 17.1. The molecule has 0 aliphatic carbocycles. The number of carbonyl (C=O) groups excluding carboxylic acids is 2. The first-order chi connectivity index (χ1) is 15.5. The summed E-state index contributed by atoms with van der Waals surface area (Å²) in [5.41, 5.74) is 1.01. The van der Waals surface area contributed by atoms with E-state index < -0.39 is 23.4 Å². The van der Waals surface area contributed by atoms with E-state index in [1.807, 2.05) is 4.90 Å². The highest BCUT2D eigenvalue weighted by atomic mass is 16.7. The molecule has 1 saturated heterocycles. The number of nitro groups is 1. The monoisotopic (exact) mass is 443 g/mol. The number of nitrogens with zero attached hydrogens (tertiary/aromatic N) is 2. The molecule has 11 heteroatoms. The molecule has 168 valence electrons. The van der Waals surface area contributed by atoms with Crippen molar-refractivity contribution in [3.8, 4) is 11.5 Å². The van der Waals surface area contributed by atoms with Crippen LogP contribution in [-0.4, -0.2) is 56.5 Å².